The third kappa shape index (κ3) is 3.23. The van der Waals surface area contributed by atoms with Gasteiger partial charge in [-0.1, -0.05) is 0 Å². The molecule has 0 saturated heterocycles. The Bertz CT molecular complexity index is 427. The fourth-order valence-corrected chi connectivity index (χ4v) is 1.77. The number of hydrogen-bond acceptors (Lipinski definition) is 2. The predicted molar refractivity (Wildman–Crippen MR) is 55.6 cm³/mol. The molecule has 0 aliphatic rings. The van der Waals surface area contributed by atoms with Crippen molar-refractivity contribution in [2.75, 3.05) is 0 Å². The molecule has 0 aromatic heterocycles. The van der Waals surface area contributed by atoms with E-state index in [0.717, 1.165) is 6.07 Å². The molecule has 1 rings (SSSR count). The van der Waals surface area contributed by atoms with E-state index in [-0.39, 0.29) is 21.6 Å². The number of carbonyl (C=O) groups excluding carboxylic acids is 1. The summed E-state index contributed by atoms with van der Waals surface area (Å²) in [6.45, 7) is 2.78. The van der Waals surface area contributed by atoms with Gasteiger partial charge in [-0.25, -0.2) is 0 Å². The molecular formula is C10H8BrF3O2. The van der Waals surface area contributed by atoms with Crippen molar-refractivity contribution in [3.05, 3.63) is 27.7 Å². The van der Waals surface area contributed by atoms with Crippen LogP contribution in [0.4, 0.5) is 13.2 Å². The highest BCUT2D eigenvalue weighted by Gasteiger charge is 2.32. The Balaban J connectivity index is 3.16. The van der Waals surface area contributed by atoms with Crippen LogP contribution < -0.4 is 4.74 Å². The zero-order valence-electron chi connectivity index (χ0n) is 8.48. The summed E-state index contributed by atoms with van der Waals surface area (Å²) >= 11 is 3.02. The molecule has 0 fully saturated rings. The van der Waals surface area contributed by atoms with Crippen molar-refractivity contribution >= 4 is 21.7 Å². The second-order valence-corrected chi connectivity index (χ2v) is 4.06. The second-order valence-electron chi connectivity index (χ2n) is 3.20. The number of ether oxygens (including phenoxy) is 1. The van der Waals surface area contributed by atoms with E-state index < -0.39 is 6.36 Å². The maximum Gasteiger partial charge on any atom is 0.573 e. The average molecular weight is 297 g/mol. The number of alkyl halides is 3. The molecule has 88 valence electrons. The fraction of sp³-hybridized carbons (Fsp3) is 0.300. The van der Waals surface area contributed by atoms with Crippen LogP contribution in [-0.4, -0.2) is 12.1 Å². The van der Waals surface area contributed by atoms with Gasteiger partial charge in [0.15, 0.2) is 5.78 Å². The van der Waals surface area contributed by atoms with E-state index in [1.54, 1.807) is 0 Å². The van der Waals surface area contributed by atoms with Crippen molar-refractivity contribution in [1.29, 1.82) is 0 Å². The van der Waals surface area contributed by atoms with Crippen LogP contribution in [0.2, 0.25) is 0 Å². The summed E-state index contributed by atoms with van der Waals surface area (Å²) < 4.78 is 40.1. The van der Waals surface area contributed by atoms with Gasteiger partial charge in [-0.3, -0.25) is 4.79 Å². The first-order valence-electron chi connectivity index (χ1n) is 4.27. The lowest BCUT2D eigenvalue weighted by atomic mass is 10.1. The number of hydrogen-bond donors (Lipinski definition) is 0. The molecule has 0 aliphatic heterocycles. The highest BCUT2D eigenvalue weighted by atomic mass is 79.9. The molecular weight excluding hydrogens is 289 g/mol. The molecule has 0 unspecified atom stereocenters. The summed E-state index contributed by atoms with van der Waals surface area (Å²) in [5.41, 5.74) is 0.581. The van der Waals surface area contributed by atoms with Crippen molar-refractivity contribution in [1.82, 2.24) is 0 Å². The monoisotopic (exact) mass is 296 g/mol. The SMILES string of the molecule is CC(=O)c1cc(C)c(OC(F)(F)F)cc1Br. The van der Waals surface area contributed by atoms with Crippen LogP contribution in [0.25, 0.3) is 0 Å². The number of Topliss-reactive ketones (excluding diaryl/α,β-unsaturated/α-hetero) is 1. The highest BCUT2D eigenvalue weighted by molar-refractivity contribution is 9.10. The topological polar surface area (TPSA) is 26.3 Å². The smallest absolute Gasteiger partial charge is 0.405 e. The summed E-state index contributed by atoms with van der Waals surface area (Å²) in [4.78, 5) is 11.1. The Kier molecular flexibility index (Phi) is 3.62. The molecule has 0 atom stereocenters. The van der Waals surface area contributed by atoms with Gasteiger partial charge in [-0.15, -0.1) is 13.2 Å². The molecule has 0 N–H and O–H groups in total. The van der Waals surface area contributed by atoms with E-state index >= 15 is 0 Å². The summed E-state index contributed by atoms with van der Waals surface area (Å²) in [6.07, 6.45) is -4.73. The molecule has 1 aromatic rings. The van der Waals surface area contributed by atoms with Crippen LogP contribution in [0.1, 0.15) is 22.8 Å². The molecule has 1 aromatic carbocycles. The van der Waals surface area contributed by atoms with Crippen LogP contribution in [-0.2, 0) is 0 Å². The van der Waals surface area contributed by atoms with Crippen LogP contribution in [0.15, 0.2) is 16.6 Å². The van der Waals surface area contributed by atoms with Crippen molar-refractivity contribution < 1.29 is 22.7 Å². The number of carbonyl (C=O) groups is 1. The van der Waals surface area contributed by atoms with Gasteiger partial charge >= 0.3 is 6.36 Å². The molecule has 0 radical (unpaired) electrons. The van der Waals surface area contributed by atoms with Gasteiger partial charge in [0.2, 0.25) is 0 Å². The quantitative estimate of drug-likeness (QED) is 0.775. The Labute approximate surface area is 98.5 Å². The van der Waals surface area contributed by atoms with E-state index in [1.807, 2.05) is 0 Å². The Morgan fingerprint density at radius 2 is 1.94 bits per heavy atom. The lowest BCUT2D eigenvalue weighted by Crippen LogP contribution is -2.18. The van der Waals surface area contributed by atoms with Gasteiger partial charge < -0.3 is 4.74 Å². The van der Waals surface area contributed by atoms with Gasteiger partial charge in [0.05, 0.1) is 0 Å². The normalized spacial score (nSPS) is 11.4. The standard InChI is InChI=1S/C10H8BrF3O2/c1-5-3-7(6(2)15)8(11)4-9(5)16-10(12,13)14/h3-4H,1-2H3. The Hall–Kier alpha value is -1.04. The zero-order valence-corrected chi connectivity index (χ0v) is 10.1. The number of aryl methyl sites for hydroxylation is 1. The Morgan fingerprint density at radius 1 is 1.38 bits per heavy atom. The van der Waals surface area contributed by atoms with Crippen molar-refractivity contribution in [3.63, 3.8) is 0 Å². The molecule has 6 heteroatoms. The minimum atomic E-state index is -4.73. The van der Waals surface area contributed by atoms with Crippen molar-refractivity contribution in [2.24, 2.45) is 0 Å². The van der Waals surface area contributed by atoms with E-state index in [1.165, 1.54) is 19.9 Å². The van der Waals surface area contributed by atoms with Gasteiger partial charge in [-0.2, -0.15) is 0 Å². The molecule has 0 bridgehead atoms. The first kappa shape index (κ1) is 13.0. The number of halogens is 4. The highest BCUT2D eigenvalue weighted by Crippen LogP contribution is 2.31. The first-order chi connectivity index (χ1) is 7.20. The minimum absolute atomic E-state index is 0.228. The minimum Gasteiger partial charge on any atom is -0.405 e. The van der Waals surface area contributed by atoms with E-state index in [4.69, 9.17) is 0 Å². The summed E-state index contributed by atoms with van der Waals surface area (Å²) in [5, 5.41) is 0. The van der Waals surface area contributed by atoms with Gasteiger partial charge in [0.1, 0.15) is 5.75 Å². The third-order valence-electron chi connectivity index (χ3n) is 1.87. The zero-order chi connectivity index (χ0) is 12.5. The number of ketones is 1. The van der Waals surface area contributed by atoms with Crippen LogP contribution >= 0.6 is 15.9 Å². The maximum absolute atomic E-state index is 12.0. The summed E-state index contributed by atoms with van der Waals surface area (Å²) in [6, 6.07) is 2.49. The fourth-order valence-electron chi connectivity index (χ4n) is 1.17. The molecule has 2 nitrogen and oxygen atoms in total. The Morgan fingerprint density at radius 3 is 2.38 bits per heavy atom. The van der Waals surface area contributed by atoms with Crippen LogP contribution in [0.3, 0.4) is 0 Å². The molecule has 16 heavy (non-hydrogen) atoms. The number of rotatable bonds is 2. The van der Waals surface area contributed by atoms with E-state index in [0.29, 0.717) is 5.56 Å². The molecule has 0 aliphatic carbocycles. The second kappa shape index (κ2) is 4.45. The predicted octanol–water partition coefficient (Wildman–Crippen LogP) is 3.86. The van der Waals surface area contributed by atoms with Gasteiger partial charge in [0.25, 0.3) is 0 Å². The summed E-state index contributed by atoms with van der Waals surface area (Å²) in [7, 11) is 0. The largest absolute Gasteiger partial charge is 0.573 e. The number of benzene rings is 1. The first-order valence-corrected chi connectivity index (χ1v) is 5.07. The van der Waals surface area contributed by atoms with E-state index in [9.17, 15) is 18.0 Å². The lowest BCUT2D eigenvalue weighted by molar-refractivity contribution is -0.274. The van der Waals surface area contributed by atoms with Crippen LogP contribution in [0.5, 0.6) is 5.75 Å². The maximum atomic E-state index is 12.0. The average Bonchev–Trinajstić information content (AvgIpc) is 2.07. The van der Waals surface area contributed by atoms with Crippen molar-refractivity contribution in [3.8, 4) is 5.75 Å². The van der Waals surface area contributed by atoms with Crippen molar-refractivity contribution in [2.45, 2.75) is 20.2 Å². The molecule has 0 saturated carbocycles. The lowest BCUT2D eigenvalue weighted by Gasteiger charge is -2.13. The molecule has 0 amide bonds. The van der Waals surface area contributed by atoms with E-state index in [2.05, 4.69) is 20.7 Å². The molecule has 0 heterocycles. The van der Waals surface area contributed by atoms with Gasteiger partial charge in [-0.05, 0) is 47.5 Å². The third-order valence-corrected chi connectivity index (χ3v) is 2.53. The van der Waals surface area contributed by atoms with Gasteiger partial charge in [0, 0.05) is 10.0 Å². The molecule has 0 spiro atoms. The summed E-state index contributed by atoms with van der Waals surface area (Å²) in [5.74, 6) is -0.544. The van der Waals surface area contributed by atoms with Crippen LogP contribution in [0, 0.1) is 6.92 Å².